The van der Waals surface area contributed by atoms with Gasteiger partial charge in [0.05, 0.1) is 5.54 Å². The SMILES string of the molecule is CCC(C)(N)c1noc(-c2c[nH]c(C)cc2=O)n1. The smallest absolute Gasteiger partial charge is 0.263 e. The second-order valence-corrected chi connectivity index (χ2v) is 4.59. The Bertz CT molecular complexity index is 613. The summed E-state index contributed by atoms with van der Waals surface area (Å²) in [5.41, 5.74) is 6.34. The Kier molecular flexibility index (Phi) is 3.04. The first-order valence-electron chi connectivity index (χ1n) is 5.77. The maximum absolute atomic E-state index is 11.8. The molecule has 1 unspecified atom stereocenters. The minimum Gasteiger partial charge on any atom is -0.364 e. The molecule has 1 atom stereocenters. The number of H-pyrrole nitrogens is 1. The number of hydrogen-bond acceptors (Lipinski definition) is 5. The summed E-state index contributed by atoms with van der Waals surface area (Å²) in [6.07, 6.45) is 2.24. The molecule has 0 amide bonds. The summed E-state index contributed by atoms with van der Waals surface area (Å²) in [4.78, 5) is 18.9. The van der Waals surface area contributed by atoms with Gasteiger partial charge in [-0.15, -0.1) is 0 Å². The second kappa shape index (κ2) is 4.38. The van der Waals surface area contributed by atoms with Gasteiger partial charge >= 0.3 is 0 Å². The molecule has 2 heterocycles. The molecular weight excluding hydrogens is 232 g/mol. The van der Waals surface area contributed by atoms with Gasteiger partial charge in [-0.05, 0) is 20.3 Å². The maximum Gasteiger partial charge on any atom is 0.263 e. The molecule has 0 aliphatic heterocycles. The molecule has 2 rings (SSSR count). The molecule has 0 bridgehead atoms. The normalized spacial score (nSPS) is 14.4. The van der Waals surface area contributed by atoms with E-state index in [1.807, 2.05) is 13.8 Å². The first-order valence-corrected chi connectivity index (χ1v) is 5.77. The molecule has 0 saturated carbocycles. The van der Waals surface area contributed by atoms with Crippen LogP contribution in [-0.4, -0.2) is 15.1 Å². The van der Waals surface area contributed by atoms with Gasteiger partial charge in [0.2, 0.25) is 0 Å². The van der Waals surface area contributed by atoms with Crippen molar-refractivity contribution >= 4 is 0 Å². The number of hydrogen-bond donors (Lipinski definition) is 2. The van der Waals surface area contributed by atoms with E-state index in [-0.39, 0.29) is 11.3 Å². The van der Waals surface area contributed by atoms with Crippen LogP contribution in [0.1, 0.15) is 31.8 Å². The molecule has 96 valence electrons. The third-order valence-corrected chi connectivity index (χ3v) is 2.96. The van der Waals surface area contributed by atoms with Crippen LogP contribution in [0.5, 0.6) is 0 Å². The van der Waals surface area contributed by atoms with Crippen LogP contribution in [0, 0.1) is 6.92 Å². The third-order valence-electron chi connectivity index (χ3n) is 2.96. The molecule has 0 spiro atoms. The quantitative estimate of drug-likeness (QED) is 0.853. The Balaban J connectivity index is 2.44. The highest BCUT2D eigenvalue weighted by Crippen LogP contribution is 2.21. The Morgan fingerprint density at radius 3 is 2.89 bits per heavy atom. The Morgan fingerprint density at radius 2 is 2.28 bits per heavy atom. The summed E-state index contributed by atoms with van der Waals surface area (Å²) in [6, 6.07) is 1.49. The number of aryl methyl sites for hydroxylation is 1. The zero-order valence-electron chi connectivity index (χ0n) is 10.7. The molecule has 0 aliphatic carbocycles. The predicted molar refractivity (Wildman–Crippen MR) is 66.9 cm³/mol. The molecule has 3 N–H and O–H groups in total. The average Bonchev–Trinajstić information content (AvgIpc) is 2.79. The van der Waals surface area contributed by atoms with E-state index in [0.717, 1.165) is 5.69 Å². The molecule has 0 radical (unpaired) electrons. The van der Waals surface area contributed by atoms with Crippen molar-refractivity contribution in [1.82, 2.24) is 15.1 Å². The van der Waals surface area contributed by atoms with Gasteiger partial charge in [0, 0.05) is 18.0 Å². The van der Waals surface area contributed by atoms with Crippen molar-refractivity contribution in [3.63, 3.8) is 0 Å². The molecule has 18 heavy (non-hydrogen) atoms. The van der Waals surface area contributed by atoms with E-state index in [2.05, 4.69) is 15.1 Å². The molecule has 0 aliphatic rings. The largest absolute Gasteiger partial charge is 0.364 e. The zero-order chi connectivity index (χ0) is 13.3. The van der Waals surface area contributed by atoms with Gasteiger partial charge in [0.15, 0.2) is 11.3 Å². The van der Waals surface area contributed by atoms with Gasteiger partial charge in [-0.1, -0.05) is 12.1 Å². The molecular formula is C12H16N4O2. The van der Waals surface area contributed by atoms with Gasteiger partial charge in [0.1, 0.15) is 5.56 Å². The van der Waals surface area contributed by atoms with Crippen LogP contribution in [0.3, 0.4) is 0 Å². The van der Waals surface area contributed by atoms with Crippen molar-refractivity contribution in [3.05, 3.63) is 34.0 Å². The minimum absolute atomic E-state index is 0.156. The van der Waals surface area contributed by atoms with E-state index < -0.39 is 5.54 Å². The van der Waals surface area contributed by atoms with Crippen LogP contribution in [0.4, 0.5) is 0 Å². The number of nitrogens with two attached hydrogens (primary N) is 1. The average molecular weight is 248 g/mol. The molecule has 0 saturated heterocycles. The van der Waals surface area contributed by atoms with Gasteiger partial charge in [-0.2, -0.15) is 4.98 Å². The van der Waals surface area contributed by atoms with Crippen LogP contribution in [0.15, 0.2) is 21.6 Å². The van der Waals surface area contributed by atoms with Crippen LogP contribution in [0.2, 0.25) is 0 Å². The van der Waals surface area contributed by atoms with Crippen molar-refractivity contribution in [2.24, 2.45) is 5.73 Å². The Labute approximate surface area is 104 Å². The van der Waals surface area contributed by atoms with Crippen LogP contribution in [-0.2, 0) is 5.54 Å². The van der Waals surface area contributed by atoms with Crippen molar-refractivity contribution in [3.8, 4) is 11.5 Å². The highest BCUT2D eigenvalue weighted by atomic mass is 16.5. The van der Waals surface area contributed by atoms with Crippen molar-refractivity contribution in [2.45, 2.75) is 32.7 Å². The second-order valence-electron chi connectivity index (χ2n) is 4.59. The fraction of sp³-hybridized carbons (Fsp3) is 0.417. The van der Waals surface area contributed by atoms with Gasteiger partial charge in [-0.3, -0.25) is 4.79 Å². The fourth-order valence-corrected chi connectivity index (χ4v) is 1.46. The standard InChI is InChI=1S/C12H16N4O2/c1-4-12(3,13)11-15-10(18-16-11)8-6-14-7(2)5-9(8)17/h5-6H,4,13H2,1-3H3,(H,14,17). The fourth-order valence-electron chi connectivity index (χ4n) is 1.46. The summed E-state index contributed by atoms with van der Waals surface area (Å²) in [5.74, 6) is 0.594. The lowest BCUT2D eigenvalue weighted by molar-refractivity contribution is 0.378. The molecule has 6 nitrogen and oxygen atoms in total. The van der Waals surface area contributed by atoms with Crippen LogP contribution >= 0.6 is 0 Å². The summed E-state index contributed by atoms with van der Waals surface area (Å²) in [5, 5.41) is 3.83. The molecule has 0 fully saturated rings. The monoisotopic (exact) mass is 248 g/mol. The first kappa shape index (κ1) is 12.5. The van der Waals surface area contributed by atoms with E-state index in [1.54, 1.807) is 13.1 Å². The molecule has 2 aromatic heterocycles. The lowest BCUT2D eigenvalue weighted by Crippen LogP contribution is -2.33. The van der Waals surface area contributed by atoms with Crippen molar-refractivity contribution < 1.29 is 4.52 Å². The number of pyridine rings is 1. The highest BCUT2D eigenvalue weighted by molar-refractivity contribution is 5.51. The Hall–Kier alpha value is -1.95. The number of aromatic nitrogens is 3. The number of aromatic amines is 1. The summed E-state index contributed by atoms with van der Waals surface area (Å²) in [6.45, 7) is 5.56. The van der Waals surface area contributed by atoms with E-state index in [4.69, 9.17) is 10.3 Å². The lowest BCUT2D eigenvalue weighted by atomic mass is 10.0. The Morgan fingerprint density at radius 1 is 1.56 bits per heavy atom. The van der Waals surface area contributed by atoms with Crippen molar-refractivity contribution in [2.75, 3.05) is 0 Å². The van der Waals surface area contributed by atoms with E-state index in [0.29, 0.717) is 17.8 Å². The van der Waals surface area contributed by atoms with Gasteiger partial charge in [-0.25, -0.2) is 0 Å². The van der Waals surface area contributed by atoms with Gasteiger partial charge in [0.25, 0.3) is 5.89 Å². The summed E-state index contributed by atoms with van der Waals surface area (Å²) >= 11 is 0. The molecule has 2 aromatic rings. The van der Waals surface area contributed by atoms with Crippen LogP contribution in [0.25, 0.3) is 11.5 Å². The van der Waals surface area contributed by atoms with Crippen molar-refractivity contribution in [1.29, 1.82) is 0 Å². The minimum atomic E-state index is -0.654. The lowest BCUT2D eigenvalue weighted by Gasteiger charge is -2.16. The highest BCUT2D eigenvalue weighted by Gasteiger charge is 2.26. The topological polar surface area (TPSA) is 97.8 Å². The maximum atomic E-state index is 11.8. The zero-order valence-corrected chi connectivity index (χ0v) is 10.7. The summed E-state index contributed by atoms with van der Waals surface area (Å²) in [7, 11) is 0. The third kappa shape index (κ3) is 2.19. The number of nitrogens with one attached hydrogen (secondary N) is 1. The van der Waals surface area contributed by atoms with Gasteiger partial charge < -0.3 is 15.2 Å². The predicted octanol–water partition coefficient (Wildman–Crippen LogP) is 1.32. The summed E-state index contributed by atoms with van der Waals surface area (Å²) < 4.78 is 5.10. The van der Waals surface area contributed by atoms with E-state index in [9.17, 15) is 4.79 Å². The van der Waals surface area contributed by atoms with E-state index >= 15 is 0 Å². The number of nitrogens with zero attached hydrogens (tertiary/aromatic N) is 2. The molecule has 6 heteroatoms. The first-order chi connectivity index (χ1) is 8.44. The molecule has 0 aromatic carbocycles. The van der Waals surface area contributed by atoms with Crippen LogP contribution < -0.4 is 11.2 Å². The van der Waals surface area contributed by atoms with E-state index in [1.165, 1.54) is 6.07 Å². The number of rotatable bonds is 3.